The zero-order valence-corrected chi connectivity index (χ0v) is 17.5. The van der Waals surface area contributed by atoms with E-state index in [2.05, 4.69) is 10.2 Å². The number of nitrogens with zero attached hydrogens (tertiary/aromatic N) is 2. The summed E-state index contributed by atoms with van der Waals surface area (Å²) in [6, 6.07) is 9.03. The summed E-state index contributed by atoms with van der Waals surface area (Å²) in [5.74, 6) is -0.230. The van der Waals surface area contributed by atoms with Gasteiger partial charge in [0.1, 0.15) is 6.10 Å². The molecule has 2 aromatic rings. The summed E-state index contributed by atoms with van der Waals surface area (Å²) >= 11 is 7.07. The molecule has 7 nitrogen and oxygen atoms in total. The minimum absolute atomic E-state index is 0.230. The molecule has 0 bridgehead atoms. The Balaban J connectivity index is 1.37. The Bertz CT molecular complexity index is 913. The van der Waals surface area contributed by atoms with E-state index in [4.69, 9.17) is 22.1 Å². The Hall–Kier alpha value is -2.45. The van der Waals surface area contributed by atoms with Crippen LogP contribution in [0.4, 0.5) is 21.9 Å². The number of anilines is 3. The lowest BCUT2D eigenvalue weighted by Gasteiger charge is -2.30. The fourth-order valence-corrected chi connectivity index (χ4v) is 4.66. The van der Waals surface area contributed by atoms with Crippen LogP contribution >= 0.6 is 22.9 Å². The summed E-state index contributed by atoms with van der Waals surface area (Å²) in [7, 11) is 0. The highest BCUT2D eigenvalue weighted by Gasteiger charge is 2.33. The SMILES string of the molecule is Nc1cc(N2CC(CNC(=O)c3ccc(Cl)s3)OC2=O)ccc1N1CCCCC1. The predicted octanol–water partition coefficient (Wildman–Crippen LogP) is 3.73. The van der Waals surface area contributed by atoms with Crippen molar-refractivity contribution in [2.24, 2.45) is 0 Å². The number of carbonyl (C=O) groups excluding carboxylic acids is 2. The first-order valence-corrected chi connectivity index (χ1v) is 10.9. The average Bonchev–Trinajstić information content (AvgIpc) is 3.32. The topological polar surface area (TPSA) is 87.9 Å². The Kier molecular flexibility index (Phi) is 5.82. The molecule has 0 saturated carbocycles. The minimum atomic E-state index is -0.437. The zero-order chi connectivity index (χ0) is 20.4. The Morgan fingerprint density at radius 3 is 2.72 bits per heavy atom. The van der Waals surface area contributed by atoms with Gasteiger partial charge in [-0.15, -0.1) is 11.3 Å². The van der Waals surface area contributed by atoms with Crippen LogP contribution in [0.25, 0.3) is 0 Å². The molecule has 2 amide bonds. The highest BCUT2D eigenvalue weighted by molar-refractivity contribution is 7.18. The van der Waals surface area contributed by atoms with Gasteiger partial charge in [-0.3, -0.25) is 9.69 Å². The van der Waals surface area contributed by atoms with Crippen molar-refractivity contribution in [1.82, 2.24) is 5.32 Å². The Labute approximate surface area is 178 Å². The highest BCUT2D eigenvalue weighted by Crippen LogP contribution is 2.32. The van der Waals surface area contributed by atoms with Gasteiger partial charge in [-0.05, 0) is 49.6 Å². The van der Waals surface area contributed by atoms with Gasteiger partial charge in [0.15, 0.2) is 0 Å². The van der Waals surface area contributed by atoms with Crippen LogP contribution in [-0.2, 0) is 4.74 Å². The third kappa shape index (κ3) is 4.43. The van der Waals surface area contributed by atoms with Crippen molar-refractivity contribution in [1.29, 1.82) is 0 Å². The molecule has 3 heterocycles. The van der Waals surface area contributed by atoms with Crippen molar-refractivity contribution in [3.63, 3.8) is 0 Å². The molecule has 2 aliphatic heterocycles. The second-order valence-electron chi connectivity index (χ2n) is 7.22. The van der Waals surface area contributed by atoms with E-state index in [0.717, 1.165) is 18.8 Å². The number of hydrogen-bond acceptors (Lipinski definition) is 6. The molecule has 1 unspecified atom stereocenters. The van der Waals surface area contributed by atoms with Crippen molar-refractivity contribution >= 4 is 52.0 Å². The van der Waals surface area contributed by atoms with Crippen LogP contribution in [0.1, 0.15) is 28.9 Å². The smallest absolute Gasteiger partial charge is 0.414 e. The third-order valence-electron chi connectivity index (χ3n) is 5.18. The molecule has 29 heavy (non-hydrogen) atoms. The molecular weight excluding hydrogens is 412 g/mol. The third-order valence-corrected chi connectivity index (χ3v) is 6.41. The normalized spacial score (nSPS) is 19.3. The number of benzene rings is 1. The van der Waals surface area contributed by atoms with Gasteiger partial charge in [-0.25, -0.2) is 4.79 Å². The molecule has 1 aromatic heterocycles. The summed E-state index contributed by atoms with van der Waals surface area (Å²) in [6.07, 6.45) is 2.74. The number of piperidine rings is 1. The molecule has 0 radical (unpaired) electrons. The monoisotopic (exact) mass is 434 g/mol. The van der Waals surface area contributed by atoms with Crippen molar-refractivity contribution in [2.75, 3.05) is 41.7 Å². The molecule has 1 aromatic carbocycles. The quantitative estimate of drug-likeness (QED) is 0.700. The number of amides is 2. The van der Waals surface area contributed by atoms with E-state index in [0.29, 0.717) is 27.1 Å². The van der Waals surface area contributed by atoms with Crippen LogP contribution in [0.3, 0.4) is 0 Å². The number of rotatable bonds is 5. The molecule has 1 atom stereocenters. The molecule has 4 rings (SSSR count). The predicted molar refractivity (Wildman–Crippen MR) is 116 cm³/mol. The van der Waals surface area contributed by atoms with E-state index in [1.165, 1.54) is 30.6 Å². The Morgan fingerprint density at radius 2 is 2.03 bits per heavy atom. The van der Waals surface area contributed by atoms with Gasteiger partial charge in [0, 0.05) is 18.8 Å². The summed E-state index contributed by atoms with van der Waals surface area (Å²) in [4.78, 5) is 28.8. The summed E-state index contributed by atoms with van der Waals surface area (Å²) < 4.78 is 5.96. The molecule has 2 saturated heterocycles. The number of halogens is 1. The van der Waals surface area contributed by atoms with E-state index in [1.54, 1.807) is 17.0 Å². The maximum Gasteiger partial charge on any atom is 0.414 e. The number of thiophene rings is 1. The number of nitrogen functional groups attached to an aromatic ring is 1. The van der Waals surface area contributed by atoms with Gasteiger partial charge in [0.2, 0.25) is 0 Å². The maximum atomic E-state index is 12.3. The van der Waals surface area contributed by atoms with Crippen LogP contribution in [0.2, 0.25) is 4.34 Å². The maximum absolute atomic E-state index is 12.3. The van der Waals surface area contributed by atoms with E-state index >= 15 is 0 Å². The number of carbonyl (C=O) groups is 2. The van der Waals surface area contributed by atoms with E-state index < -0.39 is 12.2 Å². The highest BCUT2D eigenvalue weighted by atomic mass is 35.5. The van der Waals surface area contributed by atoms with Gasteiger partial charge < -0.3 is 20.7 Å². The van der Waals surface area contributed by atoms with Crippen LogP contribution in [0.15, 0.2) is 30.3 Å². The largest absolute Gasteiger partial charge is 0.442 e. The number of nitrogens with two attached hydrogens (primary N) is 1. The lowest BCUT2D eigenvalue weighted by Crippen LogP contribution is -2.34. The summed E-state index contributed by atoms with van der Waals surface area (Å²) in [5, 5.41) is 2.79. The fraction of sp³-hybridized carbons (Fsp3) is 0.400. The van der Waals surface area contributed by atoms with Gasteiger partial charge in [-0.2, -0.15) is 0 Å². The second kappa shape index (κ2) is 8.51. The molecular formula is C20H23ClN4O3S. The lowest BCUT2D eigenvalue weighted by atomic mass is 10.1. The molecule has 2 aliphatic rings. The molecule has 0 spiro atoms. The number of hydrogen-bond donors (Lipinski definition) is 2. The van der Waals surface area contributed by atoms with Crippen molar-refractivity contribution in [3.8, 4) is 0 Å². The molecule has 3 N–H and O–H groups in total. The van der Waals surface area contributed by atoms with Crippen molar-refractivity contribution in [2.45, 2.75) is 25.4 Å². The van der Waals surface area contributed by atoms with Gasteiger partial charge in [-0.1, -0.05) is 11.6 Å². The van der Waals surface area contributed by atoms with Crippen LogP contribution in [-0.4, -0.2) is 44.3 Å². The molecule has 2 fully saturated rings. The number of nitrogens with one attached hydrogen (secondary N) is 1. The van der Waals surface area contributed by atoms with E-state index in [1.807, 2.05) is 18.2 Å². The van der Waals surface area contributed by atoms with Crippen molar-refractivity contribution < 1.29 is 14.3 Å². The molecule has 154 valence electrons. The van der Waals surface area contributed by atoms with Gasteiger partial charge in [0.25, 0.3) is 5.91 Å². The van der Waals surface area contributed by atoms with Crippen LogP contribution < -0.4 is 20.9 Å². The molecule has 0 aliphatic carbocycles. The van der Waals surface area contributed by atoms with Crippen molar-refractivity contribution in [3.05, 3.63) is 39.5 Å². The number of ether oxygens (including phenoxy) is 1. The number of cyclic esters (lactones) is 1. The van der Waals surface area contributed by atoms with E-state index in [9.17, 15) is 9.59 Å². The van der Waals surface area contributed by atoms with Crippen LogP contribution in [0.5, 0.6) is 0 Å². The first-order valence-electron chi connectivity index (χ1n) is 9.67. The van der Waals surface area contributed by atoms with Gasteiger partial charge in [0.05, 0.1) is 33.7 Å². The summed E-state index contributed by atoms with van der Waals surface area (Å²) in [6.45, 7) is 2.60. The Morgan fingerprint density at radius 1 is 1.24 bits per heavy atom. The minimum Gasteiger partial charge on any atom is -0.442 e. The average molecular weight is 435 g/mol. The molecule has 9 heteroatoms. The van der Waals surface area contributed by atoms with Gasteiger partial charge >= 0.3 is 6.09 Å². The van der Waals surface area contributed by atoms with E-state index in [-0.39, 0.29) is 12.5 Å². The van der Waals surface area contributed by atoms with Crippen LogP contribution in [0, 0.1) is 0 Å². The first kappa shape index (κ1) is 19.8. The standard InChI is InChI=1S/C20H23ClN4O3S/c21-18-7-6-17(29-18)19(26)23-11-14-12-25(20(27)28-14)13-4-5-16(15(22)10-13)24-8-2-1-3-9-24/h4-7,10,14H,1-3,8-9,11-12,22H2,(H,23,26). The second-order valence-corrected chi connectivity index (χ2v) is 8.94. The summed E-state index contributed by atoms with van der Waals surface area (Å²) in [5.41, 5.74) is 8.65. The fourth-order valence-electron chi connectivity index (χ4n) is 3.70. The first-order chi connectivity index (χ1) is 14.0. The lowest BCUT2D eigenvalue weighted by molar-refractivity contribution is 0.0920. The zero-order valence-electron chi connectivity index (χ0n) is 15.9.